The minimum atomic E-state index is -0.919. The third-order valence-corrected chi connectivity index (χ3v) is 6.99. The number of anilines is 1. The van der Waals surface area contributed by atoms with Crippen molar-refractivity contribution in [3.63, 3.8) is 0 Å². The highest BCUT2D eigenvalue weighted by atomic mass is 35.5. The van der Waals surface area contributed by atoms with Crippen LogP contribution >= 0.6 is 23.4 Å². The summed E-state index contributed by atoms with van der Waals surface area (Å²) in [5.41, 5.74) is 3.79. The molecule has 2 amide bonds. The second-order valence-electron chi connectivity index (χ2n) is 8.90. The van der Waals surface area contributed by atoms with E-state index in [4.69, 9.17) is 16.3 Å². The molecule has 0 fully saturated rings. The van der Waals surface area contributed by atoms with Crippen LogP contribution in [0.1, 0.15) is 28.6 Å². The van der Waals surface area contributed by atoms with Crippen LogP contribution in [0.15, 0.2) is 90.1 Å². The number of amides is 2. The summed E-state index contributed by atoms with van der Waals surface area (Å²) in [5, 5.41) is 4.02. The Balaban J connectivity index is 1.67. The molecule has 4 rings (SSSR count). The van der Waals surface area contributed by atoms with E-state index in [9.17, 15) is 9.59 Å². The number of thioether (sulfide) groups is 1. The van der Waals surface area contributed by atoms with Crippen molar-refractivity contribution in [2.24, 2.45) is 0 Å². The molecule has 1 aromatic heterocycles. The number of methoxy groups -OCH3 is 1. The van der Waals surface area contributed by atoms with Crippen LogP contribution in [-0.4, -0.2) is 39.5 Å². The first-order valence-electron chi connectivity index (χ1n) is 12.3. The van der Waals surface area contributed by atoms with Gasteiger partial charge in [-0.3, -0.25) is 9.59 Å². The largest absolute Gasteiger partial charge is 0.497 e. The van der Waals surface area contributed by atoms with E-state index in [1.807, 2.05) is 50.2 Å². The summed E-state index contributed by atoms with van der Waals surface area (Å²) in [6.45, 7) is 4.02. The Labute approximate surface area is 237 Å². The quantitative estimate of drug-likeness (QED) is 0.182. The number of benzene rings is 3. The van der Waals surface area contributed by atoms with Crippen LogP contribution in [0.4, 0.5) is 5.69 Å². The Kier molecular flexibility index (Phi) is 9.57. The highest BCUT2D eigenvalue weighted by molar-refractivity contribution is 7.99. The molecule has 200 valence electrons. The highest BCUT2D eigenvalue weighted by Crippen LogP contribution is 2.28. The van der Waals surface area contributed by atoms with Gasteiger partial charge in [0.2, 0.25) is 5.91 Å². The van der Waals surface area contributed by atoms with Gasteiger partial charge in [0.1, 0.15) is 11.8 Å². The molecule has 1 unspecified atom stereocenters. The minimum Gasteiger partial charge on any atom is -0.497 e. The molecule has 0 saturated carbocycles. The van der Waals surface area contributed by atoms with Crippen molar-refractivity contribution in [3.05, 3.63) is 112 Å². The Morgan fingerprint density at radius 3 is 2.21 bits per heavy atom. The summed E-state index contributed by atoms with van der Waals surface area (Å²) < 4.78 is 5.23. The van der Waals surface area contributed by atoms with Crippen molar-refractivity contribution >= 4 is 40.9 Å². The third kappa shape index (κ3) is 7.81. The lowest BCUT2D eigenvalue weighted by atomic mass is 10.0. The standard InChI is InChI=1S/C30H29ClN4O3S/c1-20-17-21(2)33-30(32-20)39-19-27(36)35(18-22-7-5-4-6-8-22)28(23-9-11-24(31)12-10-23)29(37)34-25-13-15-26(38-3)16-14-25/h4-17,28H,18-19H2,1-3H3,(H,34,37). The fourth-order valence-electron chi connectivity index (χ4n) is 4.07. The smallest absolute Gasteiger partial charge is 0.251 e. The zero-order valence-corrected chi connectivity index (χ0v) is 23.5. The lowest BCUT2D eigenvalue weighted by Crippen LogP contribution is -2.41. The van der Waals surface area contributed by atoms with E-state index in [2.05, 4.69) is 15.3 Å². The normalized spacial score (nSPS) is 11.5. The van der Waals surface area contributed by atoms with Gasteiger partial charge in [-0.2, -0.15) is 0 Å². The summed E-state index contributed by atoms with van der Waals surface area (Å²) in [5.74, 6) is 0.167. The molecule has 0 spiro atoms. The van der Waals surface area contributed by atoms with Crippen molar-refractivity contribution in [3.8, 4) is 5.75 Å². The van der Waals surface area contributed by atoms with E-state index in [1.165, 1.54) is 11.8 Å². The summed E-state index contributed by atoms with van der Waals surface area (Å²) in [6.07, 6.45) is 0. The van der Waals surface area contributed by atoms with Crippen LogP contribution in [-0.2, 0) is 16.1 Å². The van der Waals surface area contributed by atoms with Gasteiger partial charge in [-0.05, 0) is 67.4 Å². The van der Waals surface area contributed by atoms with Gasteiger partial charge in [-0.15, -0.1) is 0 Å². The first-order valence-corrected chi connectivity index (χ1v) is 13.7. The average molecular weight is 561 g/mol. The first kappa shape index (κ1) is 28.1. The fraction of sp³-hybridized carbons (Fsp3) is 0.200. The van der Waals surface area contributed by atoms with Gasteiger partial charge in [-0.25, -0.2) is 9.97 Å². The number of aromatic nitrogens is 2. The van der Waals surface area contributed by atoms with E-state index >= 15 is 0 Å². The predicted molar refractivity (Wildman–Crippen MR) is 155 cm³/mol. The number of hydrogen-bond acceptors (Lipinski definition) is 6. The lowest BCUT2D eigenvalue weighted by molar-refractivity contribution is -0.137. The predicted octanol–water partition coefficient (Wildman–Crippen LogP) is 6.26. The number of hydrogen-bond donors (Lipinski definition) is 1. The van der Waals surface area contributed by atoms with Crippen LogP contribution in [0.2, 0.25) is 5.02 Å². The SMILES string of the molecule is COc1ccc(NC(=O)C(c2ccc(Cl)cc2)N(Cc2ccccc2)C(=O)CSc2nc(C)cc(C)n2)cc1. The van der Waals surface area contributed by atoms with Crippen LogP contribution in [0.25, 0.3) is 0 Å². The van der Waals surface area contributed by atoms with Gasteiger partial charge in [0.15, 0.2) is 5.16 Å². The van der Waals surface area contributed by atoms with Gasteiger partial charge < -0.3 is 15.0 Å². The Morgan fingerprint density at radius 1 is 0.949 bits per heavy atom. The third-order valence-electron chi connectivity index (χ3n) is 5.91. The summed E-state index contributed by atoms with van der Waals surface area (Å²) in [7, 11) is 1.58. The number of halogens is 1. The van der Waals surface area contributed by atoms with Crippen LogP contribution in [0.5, 0.6) is 5.75 Å². The molecule has 0 radical (unpaired) electrons. The number of nitrogens with one attached hydrogen (secondary N) is 1. The molecule has 1 atom stereocenters. The topological polar surface area (TPSA) is 84.4 Å². The van der Waals surface area contributed by atoms with E-state index in [1.54, 1.807) is 60.5 Å². The monoisotopic (exact) mass is 560 g/mol. The molecule has 7 nitrogen and oxygen atoms in total. The molecule has 1 heterocycles. The molecule has 4 aromatic rings. The summed E-state index contributed by atoms with van der Waals surface area (Å²) in [4.78, 5) is 38.2. The molecule has 3 aromatic carbocycles. The summed E-state index contributed by atoms with van der Waals surface area (Å²) >= 11 is 7.41. The summed E-state index contributed by atoms with van der Waals surface area (Å²) in [6, 6.07) is 24.6. The zero-order chi connectivity index (χ0) is 27.8. The maximum absolute atomic E-state index is 13.9. The van der Waals surface area contributed by atoms with Crippen molar-refractivity contribution in [1.82, 2.24) is 14.9 Å². The van der Waals surface area contributed by atoms with Crippen LogP contribution in [0.3, 0.4) is 0 Å². The molecule has 0 aliphatic heterocycles. The van der Waals surface area contributed by atoms with Gasteiger partial charge in [0, 0.05) is 28.6 Å². The maximum Gasteiger partial charge on any atom is 0.251 e. The Morgan fingerprint density at radius 2 is 1.59 bits per heavy atom. The molecule has 1 N–H and O–H groups in total. The van der Waals surface area contributed by atoms with E-state index in [-0.39, 0.29) is 24.1 Å². The molecule has 0 aliphatic carbocycles. The van der Waals surface area contributed by atoms with Crippen molar-refractivity contribution < 1.29 is 14.3 Å². The van der Waals surface area contributed by atoms with E-state index < -0.39 is 6.04 Å². The number of nitrogens with zero attached hydrogens (tertiary/aromatic N) is 3. The minimum absolute atomic E-state index is 0.0651. The van der Waals surface area contributed by atoms with Crippen molar-refractivity contribution in [1.29, 1.82) is 0 Å². The molecular formula is C30H29ClN4O3S. The van der Waals surface area contributed by atoms with Gasteiger partial charge >= 0.3 is 0 Å². The number of ether oxygens (including phenoxy) is 1. The van der Waals surface area contributed by atoms with E-state index in [0.717, 1.165) is 17.0 Å². The number of carbonyl (C=O) groups excluding carboxylic acids is 2. The van der Waals surface area contributed by atoms with Crippen LogP contribution < -0.4 is 10.1 Å². The fourth-order valence-corrected chi connectivity index (χ4v) is 5.04. The molecule has 9 heteroatoms. The van der Waals surface area contributed by atoms with Crippen molar-refractivity contribution in [2.45, 2.75) is 31.6 Å². The van der Waals surface area contributed by atoms with Gasteiger partial charge in [0.05, 0.1) is 12.9 Å². The van der Waals surface area contributed by atoms with Gasteiger partial charge in [-0.1, -0.05) is 65.8 Å². The molecule has 39 heavy (non-hydrogen) atoms. The second kappa shape index (κ2) is 13.3. The lowest BCUT2D eigenvalue weighted by Gasteiger charge is -2.31. The van der Waals surface area contributed by atoms with Gasteiger partial charge in [0.25, 0.3) is 5.91 Å². The Bertz CT molecular complexity index is 1400. The zero-order valence-electron chi connectivity index (χ0n) is 21.9. The number of aryl methyl sites for hydroxylation is 2. The molecule has 0 aliphatic rings. The molecule has 0 saturated heterocycles. The molecule has 0 bridgehead atoms. The van der Waals surface area contributed by atoms with Crippen LogP contribution in [0, 0.1) is 13.8 Å². The Hall–Kier alpha value is -3.88. The molecular weight excluding hydrogens is 532 g/mol. The number of carbonyl (C=O) groups is 2. The van der Waals surface area contributed by atoms with Crippen molar-refractivity contribution in [2.75, 3.05) is 18.2 Å². The van der Waals surface area contributed by atoms with E-state index in [0.29, 0.717) is 27.2 Å². The number of rotatable bonds is 10. The maximum atomic E-state index is 13.9. The average Bonchev–Trinajstić information content (AvgIpc) is 2.93. The first-order chi connectivity index (χ1) is 18.8. The second-order valence-corrected chi connectivity index (χ2v) is 10.3. The highest BCUT2D eigenvalue weighted by Gasteiger charge is 2.32.